The predicted octanol–water partition coefficient (Wildman–Crippen LogP) is -0.586. The maximum Gasteiger partial charge on any atom is 0.242 e. The zero-order valence-corrected chi connectivity index (χ0v) is 9.40. The van der Waals surface area contributed by atoms with Crippen LogP contribution in [0.25, 0.3) is 0 Å². The fourth-order valence-electron chi connectivity index (χ4n) is 1.69. The Morgan fingerprint density at radius 3 is 2.40 bits per heavy atom. The van der Waals surface area contributed by atoms with Crippen LogP contribution < -0.4 is 5.73 Å². The first-order chi connectivity index (χ1) is 7.02. The molecule has 5 nitrogen and oxygen atoms in total. The van der Waals surface area contributed by atoms with E-state index in [4.69, 9.17) is 5.73 Å². The van der Waals surface area contributed by atoms with E-state index in [1.54, 1.807) is 18.9 Å². The number of rotatable bonds is 3. The Labute approximate surface area is 90.2 Å². The molecule has 0 spiro atoms. The fraction of sp³-hybridized carbons (Fsp3) is 0.800. The number of hydrogen-bond donors (Lipinski definition) is 1. The maximum atomic E-state index is 11.7. The number of hydrogen-bond acceptors (Lipinski definition) is 3. The molecule has 0 radical (unpaired) electrons. The quantitative estimate of drug-likeness (QED) is 0.681. The Hall–Kier alpha value is -1.10. The van der Waals surface area contributed by atoms with Gasteiger partial charge in [-0.2, -0.15) is 0 Å². The molecule has 1 unspecified atom stereocenters. The van der Waals surface area contributed by atoms with E-state index < -0.39 is 6.04 Å². The molecule has 1 saturated heterocycles. The van der Waals surface area contributed by atoms with Crippen LogP contribution >= 0.6 is 0 Å². The molecule has 15 heavy (non-hydrogen) atoms. The molecule has 1 rings (SSSR count). The first kappa shape index (κ1) is 12.0. The molecule has 2 N–H and O–H groups in total. The average Bonchev–Trinajstić information content (AvgIpc) is 2.68. The van der Waals surface area contributed by atoms with Crippen molar-refractivity contribution in [1.82, 2.24) is 9.80 Å². The van der Waals surface area contributed by atoms with Gasteiger partial charge < -0.3 is 15.5 Å². The van der Waals surface area contributed by atoms with Gasteiger partial charge in [0.05, 0.1) is 12.6 Å². The summed E-state index contributed by atoms with van der Waals surface area (Å²) in [6, 6.07) is -0.540. The van der Waals surface area contributed by atoms with Gasteiger partial charge in [-0.05, 0) is 19.8 Å². The van der Waals surface area contributed by atoms with E-state index in [1.807, 2.05) is 0 Å². The molecule has 0 aromatic carbocycles. The molecule has 0 aromatic rings. The Morgan fingerprint density at radius 2 is 1.93 bits per heavy atom. The summed E-state index contributed by atoms with van der Waals surface area (Å²) in [6.07, 6.45) is 2.13. The van der Waals surface area contributed by atoms with Gasteiger partial charge in [0, 0.05) is 20.1 Å². The first-order valence-electron chi connectivity index (χ1n) is 5.30. The van der Waals surface area contributed by atoms with Crippen molar-refractivity contribution in [1.29, 1.82) is 0 Å². The van der Waals surface area contributed by atoms with Crippen LogP contribution in [0.3, 0.4) is 0 Å². The van der Waals surface area contributed by atoms with Gasteiger partial charge in [0.1, 0.15) is 0 Å². The molecule has 0 aromatic heterocycles. The lowest BCUT2D eigenvalue weighted by molar-refractivity contribution is -0.139. The Kier molecular flexibility index (Phi) is 4.08. The normalized spacial score (nSPS) is 17.7. The van der Waals surface area contributed by atoms with Crippen molar-refractivity contribution >= 4 is 11.8 Å². The third-order valence-corrected chi connectivity index (χ3v) is 2.60. The third-order valence-electron chi connectivity index (χ3n) is 2.60. The molecule has 1 aliphatic rings. The number of carbonyl (C=O) groups excluding carboxylic acids is 2. The zero-order valence-electron chi connectivity index (χ0n) is 9.40. The minimum Gasteiger partial charge on any atom is -0.341 e. The van der Waals surface area contributed by atoms with Crippen molar-refractivity contribution in [2.75, 3.05) is 26.7 Å². The topological polar surface area (TPSA) is 66.6 Å². The second-order valence-electron chi connectivity index (χ2n) is 4.07. The molecular formula is C10H19N3O2. The molecular weight excluding hydrogens is 194 g/mol. The second-order valence-corrected chi connectivity index (χ2v) is 4.07. The zero-order chi connectivity index (χ0) is 11.4. The number of amides is 2. The van der Waals surface area contributed by atoms with Crippen LogP contribution in [-0.4, -0.2) is 54.3 Å². The Bertz CT molecular complexity index is 247. The van der Waals surface area contributed by atoms with Crippen molar-refractivity contribution in [2.24, 2.45) is 5.73 Å². The minimum absolute atomic E-state index is 0.0176. The van der Waals surface area contributed by atoms with E-state index in [2.05, 4.69) is 0 Å². The summed E-state index contributed by atoms with van der Waals surface area (Å²) in [5.41, 5.74) is 5.45. The van der Waals surface area contributed by atoms with Gasteiger partial charge in [-0.3, -0.25) is 9.59 Å². The summed E-state index contributed by atoms with van der Waals surface area (Å²) >= 11 is 0. The van der Waals surface area contributed by atoms with Crippen molar-refractivity contribution in [3.63, 3.8) is 0 Å². The number of likely N-dealkylation sites (N-methyl/N-ethyl adjacent to an activating group) is 1. The first-order valence-corrected chi connectivity index (χ1v) is 5.30. The van der Waals surface area contributed by atoms with Gasteiger partial charge in [-0.1, -0.05) is 0 Å². The van der Waals surface area contributed by atoms with E-state index in [-0.39, 0.29) is 18.4 Å². The number of carbonyl (C=O) groups is 2. The third kappa shape index (κ3) is 3.20. The van der Waals surface area contributed by atoms with Crippen molar-refractivity contribution in [3.05, 3.63) is 0 Å². The molecule has 1 heterocycles. The lowest BCUT2D eigenvalue weighted by Gasteiger charge is -2.22. The molecule has 1 atom stereocenters. The fourth-order valence-corrected chi connectivity index (χ4v) is 1.69. The molecule has 0 bridgehead atoms. The van der Waals surface area contributed by atoms with Gasteiger partial charge in [0.25, 0.3) is 0 Å². The van der Waals surface area contributed by atoms with Crippen LogP contribution in [0.2, 0.25) is 0 Å². The molecule has 5 heteroatoms. The highest BCUT2D eigenvalue weighted by atomic mass is 16.2. The van der Waals surface area contributed by atoms with Crippen molar-refractivity contribution in [2.45, 2.75) is 25.8 Å². The highest BCUT2D eigenvalue weighted by Gasteiger charge is 2.22. The minimum atomic E-state index is -0.540. The van der Waals surface area contributed by atoms with Crippen LogP contribution in [0.15, 0.2) is 0 Å². The SMILES string of the molecule is CC(N)C(=O)N(C)CC(=O)N1CCCC1. The van der Waals surface area contributed by atoms with Crippen LogP contribution in [-0.2, 0) is 9.59 Å². The smallest absolute Gasteiger partial charge is 0.242 e. The summed E-state index contributed by atoms with van der Waals surface area (Å²) < 4.78 is 0. The van der Waals surface area contributed by atoms with Crippen LogP contribution in [0.1, 0.15) is 19.8 Å². The predicted molar refractivity (Wildman–Crippen MR) is 57.1 cm³/mol. The molecule has 1 aliphatic heterocycles. The van der Waals surface area contributed by atoms with Crippen LogP contribution in [0, 0.1) is 0 Å². The molecule has 2 amide bonds. The van der Waals surface area contributed by atoms with Gasteiger partial charge >= 0.3 is 0 Å². The lowest BCUT2D eigenvalue weighted by atomic mass is 10.3. The summed E-state index contributed by atoms with van der Waals surface area (Å²) in [4.78, 5) is 26.3. The number of nitrogens with two attached hydrogens (primary N) is 1. The number of likely N-dealkylation sites (tertiary alicyclic amines) is 1. The van der Waals surface area contributed by atoms with E-state index in [0.717, 1.165) is 25.9 Å². The van der Waals surface area contributed by atoms with Gasteiger partial charge in [-0.15, -0.1) is 0 Å². The maximum absolute atomic E-state index is 11.7. The van der Waals surface area contributed by atoms with E-state index in [9.17, 15) is 9.59 Å². The largest absolute Gasteiger partial charge is 0.341 e. The molecule has 0 saturated carbocycles. The highest BCUT2D eigenvalue weighted by Crippen LogP contribution is 2.07. The molecule has 0 aliphatic carbocycles. The Morgan fingerprint density at radius 1 is 1.40 bits per heavy atom. The van der Waals surface area contributed by atoms with E-state index >= 15 is 0 Å². The van der Waals surface area contributed by atoms with E-state index in [1.165, 1.54) is 4.90 Å². The van der Waals surface area contributed by atoms with E-state index in [0.29, 0.717) is 0 Å². The highest BCUT2D eigenvalue weighted by molar-refractivity contribution is 5.87. The van der Waals surface area contributed by atoms with Gasteiger partial charge in [0.2, 0.25) is 11.8 Å². The second kappa shape index (κ2) is 5.11. The van der Waals surface area contributed by atoms with Gasteiger partial charge in [-0.25, -0.2) is 0 Å². The standard InChI is InChI=1S/C10H19N3O2/c1-8(11)10(15)12(2)7-9(14)13-5-3-4-6-13/h8H,3-7,11H2,1-2H3. The average molecular weight is 213 g/mol. The summed E-state index contributed by atoms with van der Waals surface area (Å²) in [5, 5.41) is 0. The van der Waals surface area contributed by atoms with Crippen molar-refractivity contribution < 1.29 is 9.59 Å². The van der Waals surface area contributed by atoms with Crippen LogP contribution in [0.5, 0.6) is 0 Å². The van der Waals surface area contributed by atoms with Crippen LogP contribution in [0.4, 0.5) is 0 Å². The van der Waals surface area contributed by atoms with Gasteiger partial charge in [0.15, 0.2) is 0 Å². The lowest BCUT2D eigenvalue weighted by Crippen LogP contribution is -2.45. The number of nitrogens with zero attached hydrogens (tertiary/aromatic N) is 2. The monoisotopic (exact) mass is 213 g/mol. The summed E-state index contributed by atoms with van der Waals surface area (Å²) in [5.74, 6) is -0.174. The van der Waals surface area contributed by atoms with Crippen molar-refractivity contribution in [3.8, 4) is 0 Å². The Balaban J connectivity index is 2.40. The summed E-state index contributed by atoms with van der Waals surface area (Å²) in [6.45, 7) is 3.40. The summed E-state index contributed by atoms with van der Waals surface area (Å²) in [7, 11) is 1.61. The molecule has 86 valence electrons. The molecule has 1 fully saturated rings.